The monoisotopic (exact) mass is 446 g/mol. The van der Waals surface area contributed by atoms with Gasteiger partial charge in [0.15, 0.2) is 5.78 Å². The fourth-order valence-corrected chi connectivity index (χ4v) is 5.32. The van der Waals surface area contributed by atoms with Crippen molar-refractivity contribution >= 4 is 17.6 Å². The summed E-state index contributed by atoms with van der Waals surface area (Å²) < 4.78 is 6.40. The lowest BCUT2D eigenvalue weighted by atomic mass is 9.81. The molecule has 0 aliphatic carbocycles. The number of rotatable bonds is 3. The molecule has 33 heavy (non-hydrogen) atoms. The van der Waals surface area contributed by atoms with Crippen LogP contribution in [0.25, 0.3) is 0 Å². The number of ketones is 1. The van der Waals surface area contributed by atoms with Crippen LogP contribution in [0.5, 0.6) is 5.75 Å². The van der Waals surface area contributed by atoms with Crippen molar-refractivity contribution in [2.45, 2.75) is 51.7 Å². The minimum Gasteiger partial charge on any atom is -0.486 e. The first-order chi connectivity index (χ1) is 15.8. The van der Waals surface area contributed by atoms with Gasteiger partial charge in [-0.2, -0.15) is 0 Å². The van der Waals surface area contributed by atoms with Gasteiger partial charge in [0.05, 0.1) is 17.9 Å². The molecule has 2 aromatic rings. The van der Waals surface area contributed by atoms with E-state index < -0.39 is 5.60 Å². The molecule has 5 rings (SSSR count). The highest BCUT2D eigenvalue weighted by atomic mass is 16.5. The zero-order valence-electron chi connectivity index (χ0n) is 19.3. The molecule has 1 unspecified atom stereocenters. The van der Waals surface area contributed by atoms with Crippen LogP contribution in [0.3, 0.4) is 0 Å². The summed E-state index contributed by atoms with van der Waals surface area (Å²) in [7, 11) is 0. The van der Waals surface area contributed by atoms with Gasteiger partial charge in [-0.15, -0.1) is 0 Å². The number of ether oxygens (including phenoxy) is 1. The Hall–Kier alpha value is -3.15. The number of nitrogens with zero attached hydrogens (tertiary/aromatic N) is 2. The first-order valence-electron chi connectivity index (χ1n) is 11.8. The first kappa shape index (κ1) is 21.7. The third kappa shape index (κ3) is 4.14. The van der Waals surface area contributed by atoms with Gasteiger partial charge >= 0.3 is 0 Å². The van der Waals surface area contributed by atoms with Crippen LogP contribution in [-0.4, -0.2) is 52.6 Å². The average Bonchev–Trinajstić information content (AvgIpc) is 3.16. The van der Waals surface area contributed by atoms with Gasteiger partial charge in [-0.3, -0.25) is 14.4 Å². The molecule has 6 heteroatoms. The molecular weight excluding hydrogens is 416 g/mol. The van der Waals surface area contributed by atoms with Gasteiger partial charge in [-0.05, 0) is 42.7 Å². The smallest absolute Gasteiger partial charge is 0.227 e. The van der Waals surface area contributed by atoms with Crippen molar-refractivity contribution in [2.75, 3.05) is 19.6 Å². The Bertz CT molecular complexity index is 1100. The number of piperidine rings is 1. The summed E-state index contributed by atoms with van der Waals surface area (Å²) in [4.78, 5) is 42.2. The van der Waals surface area contributed by atoms with E-state index in [1.54, 1.807) is 4.90 Å². The molecule has 3 aliphatic heterocycles. The second-order valence-corrected chi connectivity index (χ2v) is 9.80. The van der Waals surface area contributed by atoms with E-state index in [1.807, 2.05) is 61.2 Å². The number of hydrogen-bond donors (Lipinski definition) is 0. The Morgan fingerprint density at radius 3 is 2.48 bits per heavy atom. The van der Waals surface area contributed by atoms with Crippen LogP contribution in [0.2, 0.25) is 0 Å². The van der Waals surface area contributed by atoms with E-state index in [0.717, 1.165) is 16.7 Å². The molecule has 0 aromatic heterocycles. The average molecular weight is 447 g/mol. The number of aryl methyl sites for hydroxylation is 2. The predicted molar refractivity (Wildman–Crippen MR) is 124 cm³/mol. The molecule has 0 bridgehead atoms. The summed E-state index contributed by atoms with van der Waals surface area (Å²) in [5, 5.41) is 0. The third-order valence-corrected chi connectivity index (χ3v) is 7.47. The van der Waals surface area contributed by atoms with Gasteiger partial charge < -0.3 is 14.5 Å². The lowest BCUT2D eigenvalue weighted by molar-refractivity contribution is -0.139. The van der Waals surface area contributed by atoms with E-state index in [2.05, 4.69) is 0 Å². The minimum atomic E-state index is -0.534. The van der Waals surface area contributed by atoms with Gasteiger partial charge in [0, 0.05) is 45.4 Å². The molecule has 0 radical (unpaired) electrons. The maximum absolute atomic E-state index is 13.2. The molecule has 2 amide bonds. The Labute approximate surface area is 194 Å². The van der Waals surface area contributed by atoms with Crippen LogP contribution in [-0.2, 0) is 16.1 Å². The van der Waals surface area contributed by atoms with Crippen molar-refractivity contribution < 1.29 is 19.1 Å². The number of amides is 2. The summed E-state index contributed by atoms with van der Waals surface area (Å²) in [6.07, 6.45) is 1.89. The fraction of sp³-hybridized carbons (Fsp3) is 0.444. The van der Waals surface area contributed by atoms with E-state index in [-0.39, 0.29) is 29.9 Å². The van der Waals surface area contributed by atoms with Crippen molar-refractivity contribution in [1.29, 1.82) is 0 Å². The van der Waals surface area contributed by atoms with E-state index in [1.165, 1.54) is 0 Å². The molecule has 1 atom stereocenters. The molecule has 172 valence electrons. The normalized spacial score (nSPS) is 21.8. The lowest BCUT2D eigenvalue weighted by Gasteiger charge is -2.44. The number of fused-ring (bicyclic) bond motifs is 1. The second-order valence-electron chi connectivity index (χ2n) is 9.80. The maximum atomic E-state index is 13.2. The van der Waals surface area contributed by atoms with Crippen LogP contribution in [0.15, 0.2) is 42.5 Å². The summed E-state index contributed by atoms with van der Waals surface area (Å²) in [5.74, 6) is 0.580. The Morgan fingerprint density at radius 1 is 1.06 bits per heavy atom. The third-order valence-electron chi connectivity index (χ3n) is 7.47. The van der Waals surface area contributed by atoms with E-state index >= 15 is 0 Å². The SMILES string of the molecule is Cc1cc2c(cc1C)C(=O)CC1(CCN(C(=O)C3CC(=O)N(Cc4ccccc4)C3)CC1)O2. The van der Waals surface area contributed by atoms with Crippen molar-refractivity contribution in [3.05, 3.63) is 64.7 Å². The molecule has 3 heterocycles. The Morgan fingerprint density at radius 2 is 1.76 bits per heavy atom. The molecule has 1 spiro atoms. The van der Waals surface area contributed by atoms with E-state index in [9.17, 15) is 14.4 Å². The van der Waals surface area contributed by atoms with Crippen molar-refractivity contribution in [3.8, 4) is 5.75 Å². The zero-order chi connectivity index (χ0) is 23.2. The van der Waals surface area contributed by atoms with Crippen molar-refractivity contribution in [3.63, 3.8) is 0 Å². The van der Waals surface area contributed by atoms with Gasteiger partial charge in [-0.1, -0.05) is 30.3 Å². The summed E-state index contributed by atoms with van der Waals surface area (Å²) in [5.41, 5.74) is 3.41. The maximum Gasteiger partial charge on any atom is 0.227 e. The fourth-order valence-electron chi connectivity index (χ4n) is 5.32. The van der Waals surface area contributed by atoms with Gasteiger partial charge in [0.1, 0.15) is 11.4 Å². The van der Waals surface area contributed by atoms with Crippen LogP contribution in [0.4, 0.5) is 0 Å². The first-order valence-corrected chi connectivity index (χ1v) is 11.8. The number of carbonyl (C=O) groups excluding carboxylic acids is 3. The van der Waals surface area contributed by atoms with Gasteiger partial charge in [-0.25, -0.2) is 0 Å². The molecule has 3 aliphatic rings. The molecule has 0 N–H and O–H groups in total. The highest BCUT2D eigenvalue weighted by Crippen LogP contribution is 2.40. The van der Waals surface area contributed by atoms with Crippen LogP contribution in [0.1, 0.15) is 52.7 Å². The summed E-state index contributed by atoms with van der Waals surface area (Å²) >= 11 is 0. The molecule has 2 aromatic carbocycles. The minimum absolute atomic E-state index is 0.0363. The highest BCUT2D eigenvalue weighted by molar-refractivity contribution is 6.00. The van der Waals surface area contributed by atoms with Gasteiger partial charge in [0.25, 0.3) is 0 Å². The van der Waals surface area contributed by atoms with Crippen LogP contribution in [0, 0.1) is 19.8 Å². The summed E-state index contributed by atoms with van der Waals surface area (Å²) in [6, 6.07) is 13.8. The molecular formula is C27H30N2O4. The van der Waals surface area contributed by atoms with Gasteiger partial charge in [0.2, 0.25) is 11.8 Å². The number of benzene rings is 2. The van der Waals surface area contributed by atoms with E-state index in [4.69, 9.17) is 4.74 Å². The quantitative estimate of drug-likeness (QED) is 0.722. The predicted octanol–water partition coefficient (Wildman–Crippen LogP) is 3.68. The highest BCUT2D eigenvalue weighted by Gasteiger charge is 2.45. The molecule has 6 nitrogen and oxygen atoms in total. The molecule has 2 fully saturated rings. The standard InChI is InChI=1S/C27H30N2O4/c1-18-12-22-23(30)15-27(33-24(22)13-19(18)2)8-10-28(11-9-27)26(32)21-14-25(31)29(17-21)16-20-6-4-3-5-7-20/h3-7,12-13,21H,8-11,14-17H2,1-2H3. The second kappa shape index (κ2) is 8.32. The van der Waals surface area contributed by atoms with Crippen LogP contribution < -0.4 is 4.74 Å². The van der Waals surface area contributed by atoms with Crippen molar-refractivity contribution in [2.24, 2.45) is 5.92 Å². The summed E-state index contributed by atoms with van der Waals surface area (Å²) in [6.45, 7) is 6.14. The Kier molecular flexibility index (Phi) is 5.47. The number of likely N-dealkylation sites (tertiary alicyclic amines) is 2. The topological polar surface area (TPSA) is 66.9 Å². The number of carbonyl (C=O) groups is 3. The van der Waals surface area contributed by atoms with Crippen molar-refractivity contribution in [1.82, 2.24) is 9.80 Å². The number of Topliss-reactive ketones (excluding diaryl/α,β-unsaturated/α-hetero) is 1. The Balaban J connectivity index is 1.21. The number of hydrogen-bond acceptors (Lipinski definition) is 4. The van der Waals surface area contributed by atoms with Crippen LogP contribution >= 0.6 is 0 Å². The van der Waals surface area contributed by atoms with E-state index in [0.29, 0.717) is 56.8 Å². The molecule has 2 saturated heterocycles. The zero-order valence-corrected chi connectivity index (χ0v) is 19.3. The largest absolute Gasteiger partial charge is 0.486 e. The lowest BCUT2D eigenvalue weighted by Crippen LogP contribution is -2.53. The molecule has 0 saturated carbocycles.